The summed E-state index contributed by atoms with van der Waals surface area (Å²) in [7, 11) is 0. The molecule has 9 rings (SSSR count). The topological polar surface area (TPSA) is 3.24 Å². The lowest BCUT2D eigenvalue weighted by atomic mass is 9.81. The summed E-state index contributed by atoms with van der Waals surface area (Å²) in [6.45, 7) is 14.2. The summed E-state index contributed by atoms with van der Waals surface area (Å²) >= 11 is 3.74. The molecular formula is C45H38BrN. The Labute approximate surface area is 287 Å². The van der Waals surface area contributed by atoms with Crippen LogP contribution in [0, 0.1) is 0 Å². The Morgan fingerprint density at radius 3 is 1.11 bits per heavy atom. The van der Waals surface area contributed by atoms with Crippen LogP contribution in [0.2, 0.25) is 0 Å². The molecule has 6 aromatic carbocycles. The maximum absolute atomic E-state index is 3.74. The van der Waals surface area contributed by atoms with Crippen molar-refractivity contribution in [3.8, 4) is 33.4 Å². The van der Waals surface area contributed by atoms with E-state index in [1.807, 2.05) is 0 Å². The van der Waals surface area contributed by atoms with E-state index in [4.69, 9.17) is 0 Å². The Morgan fingerprint density at radius 1 is 0.362 bits per heavy atom. The van der Waals surface area contributed by atoms with Crippen molar-refractivity contribution in [2.24, 2.45) is 0 Å². The van der Waals surface area contributed by atoms with Gasteiger partial charge in [-0.1, -0.05) is 130 Å². The van der Waals surface area contributed by atoms with Crippen molar-refractivity contribution in [3.05, 3.63) is 159 Å². The summed E-state index contributed by atoms with van der Waals surface area (Å²) in [6.07, 6.45) is 0. The van der Waals surface area contributed by atoms with Crippen molar-refractivity contribution in [3.63, 3.8) is 0 Å². The highest BCUT2D eigenvalue weighted by molar-refractivity contribution is 9.10. The maximum Gasteiger partial charge on any atom is 0.0465 e. The van der Waals surface area contributed by atoms with Gasteiger partial charge in [-0.15, -0.1) is 0 Å². The highest BCUT2D eigenvalue weighted by atomic mass is 79.9. The average molecular weight is 673 g/mol. The lowest BCUT2D eigenvalue weighted by molar-refractivity contribution is 0.659. The van der Waals surface area contributed by atoms with Crippen LogP contribution in [0.3, 0.4) is 0 Å². The first-order valence-corrected chi connectivity index (χ1v) is 17.5. The van der Waals surface area contributed by atoms with E-state index in [1.165, 1.54) is 83.8 Å². The number of anilines is 3. The second kappa shape index (κ2) is 9.58. The summed E-state index contributed by atoms with van der Waals surface area (Å²) < 4.78 is 1.13. The predicted octanol–water partition coefficient (Wildman–Crippen LogP) is 12.8. The fourth-order valence-corrected chi connectivity index (χ4v) is 9.31. The Bertz CT molecular complexity index is 2200. The van der Waals surface area contributed by atoms with Crippen LogP contribution in [0.4, 0.5) is 17.1 Å². The molecule has 47 heavy (non-hydrogen) atoms. The zero-order valence-electron chi connectivity index (χ0n) is 27.9. The molecule has 0 aromatic heterocycles. The summed E-state index contributed by atoms with van der Waals surface area (Å²) in [5.41, 5.74) is 19.7. The third kappa shape index (κ3) is 3.88. The van der Waals surface area contributed by atoms with Crippen molar-refractivity contribution in [2.45, 2.75) is 57.8 Å². The van der Waals surface area contributed by atoms with Gasteiger partial charge in [0.15, 0.2) is 0 Å². The summed E-state index contributed by atoms with van der Waals surface area (Å²) in [5.74, 6) is 0. The molecule has 0 saturated heterocycles. The second-order valence-electron chi connectivity index (χ2n) is 15.2. The van der Waals surface area contributed by atoms with E-state index in [1.54, 1.807) is 0 Å². The van der Waals surface area contributed by atoms with Gasteiger partial charge in [-0.25, -0.2) is 0 Å². The molecule has 0 fully saturated rings. The van der Waals surface area contributed by atoms with Crippen LogP contribution in [0.15, 0.2) is 126 Å². The molecule has 0 heterocycles. The second-order valence-corrected chi connectivity index (χ2v) is 16.1. The van der Waals surface area contributed by atoms with E-state index in [9.17, 15) is 0 Å². The Hall–Kier alpha value is -4.40. The fraction of sp³-hybridized carbons (Fsp3) is 0.200. The normalized spacial score (nSPS) is 16.5. The molecule has 0 radical (unpaired) electrons. The van der Waals surface area contributed by atoms with E-state index in [0.29, 0.717) is 0 Å². The molecule has 2 heteroatoms. The molecule has 0 spiro atoms. The fourth-order valence-electron chi connectivity index (χ4n) is 8.95. The van der Waals surface area contributed by atoms with Gasteiger partial charge in [0.1, 0.15) is 0 Å². The minimum Gasteiger partial charge on any atom is -0.310 e. The molecule has 0 aliphatic heterocycles. The van der Waals surface area contributed by atoms with Crippen LogP contribution in [0.5, 0.6) is 0 Å². The van der Waals surface area contributed by atoms with Crippen molar-refractivity contribution >= 4 is 33.0 Å². The van der Waals surface area contributed by atoms with Gasteiger partial charge in [0.25, 0.3) is 0 Å². The van der Waals surface area contributed by atoms with Gasteiger partial charge >= 0.3 is 0 Å². The minimum absolute atomic E-state index is 0.0792. The molecule has 0 bridgehead atoms. The smallest absolute Gasteiger partial charge is 0.0465 e. The quantitative estimate of drug-likeness (QED) is 0.181. The molecular weight excluding hydrogens is 634 g/mol. The summed E-state index contributed by atoms with van der Waals surface area (Å²) in [5, 5.41) is 0. The molecule has 3 aliphatic rings. The number of halogens is 1. The molecule has 0 N–H and O–H groups in total. The third-order valence-corrected chi connectivity index (χ3v) is 12.0. The van der Waals surface area contributed by atoms with Crippen LogP contribution < -0.4 is 4.90 Å². The number of hydrogen-bond acceptors (Lipinski definition) is 1. The SMILES string of the molecule is CC1(C)c2ccccc2-c2ccc(N(c3ccc4c(c3)C(C)(C)c3ccccc3-4)c3ccc4c(c3)C(C)(C)c3cc(Br)ccc3-4)cc21. The number of rotatable bonds is 3. The monoisotopic (exact) mass is 671 g/mol. The lowest BCUT2D eigenvalue weighted by Crippen LogP contribution is -2.19. The molecule has 6 aromatic rings. The average Bonchev–Trinajstić information content (AvgIpc) is 3.54. The minimum atomic E-state index is -0.112. The highest BCUT2D eigenvalue weighted by Gasteiger charge is 2.39. The molecule has 230 valence electrons. The van der Waals surface area contributed by atoms with Crippen molar-refractivity contribution in [1.82, 2.24) is 0 Å². The predicted molar refractivity (Wildman–Crippen MR) is 202 cm³/mol. The van der Waals surface area contributed by atoms with Crippen molar-refractivity contribution < 1.29 is 0 Å². The van der Waals surface area contributed by atoms with Gasteiger partial charge in [-0.3, -0.25) is 0 Å². The Morgan fingerprint density at radius 2 is 0.681 bits per heavy atom. The van der Waals surface area contributed by atoms with Gasteiger partial charge < -0.3 is 4.90 Å². The molecule has 0 saturated carbocycles. The third-order valence-electron chi connectivity index (χ3n) is 11.5. The van der Waals surface area contributed by atoms with Gasteiger partial charge in [-0.05, 0) is 115 Å². The zero-order valence-corrected chi connectivity index (χ0v) is 29.5. The van der Waals surface area contributed by atoms with Gasteiger partial charge in [-0.2, -0.15) is 0 Å². The molecule has 1 nitrogen and oxygen atoms in total. The van der Waals surface area contributed by atoms with E-state index in [2.05, 4.69) is 184 Å². The van der Waals surface area contributed by atoms with Gasteiger partial charge in [0.2, 0.25) is 0 Å². The van der Waals surface area contributed by atoms with E-state index >= 15 is 0 Å². The summed E-state index contributed by atoms with van der Waals surface area (Å²) in [6, 6.07) is 45.9. The van der Waals surface area contributed by atoms with Crippen LogP contribution in [-0.4, -0.2) is 0 Å². The van der Waals surface area contributed by atoms with Crippen molar-refractivity contribution in [2.75, 3.05) is 4.90 Å². The Kier molecular flexibility index (Phi) is 5.87. The van der Waals surface area contributed by atoms with E-state index < -0.39 is 0 Å². The van der Waals surface area contributed by atoms with E-state index in [0.717, 1.165) is 4.47 Å². The van der Waals surface area contributed by atoms with Gasteiger partial charge in [0.05, 0.1) is 0 Å². The van der Waals surface area contributed by atoms with E-state index in [-0.39, 0.29) is 16.2 Å². The zero-order chi connectivity index (χ0) is 32.5. The van der Waals surface area contributed by atoms with Gasteiger partial charge in [0, 0.05) is 37.8 Å². The molecule has 0 unspecified atom stereocenters. The first kappa shape index (κ1) is 28.8. The number of nitrogens with zero attached hydrogens (tertiary/aromatic N) is 1. The largest absolute Gasteiger partial charge is 0.310 e. The number of hydrogen-bond donors (Lipinski definition) is 0. The maximum atomic E-state index is 3.74. The first-order valence-electron chi connectivity index (χ1n) is 16.7. The molecule has 0 amide bonds. The van der Waals surface area contributed by atoms with Crippen LogP contribution in [-0.2, 0) is 16.2 Å². The van der Waals surface area contributed by atoms with Crippen molar-refractivity contribution in [1.29, 1.82) is 0 Å². The highest BCUT2D eigenvalue weighted by Crippen LogP contribution is 2.55. The standard InChI is InChI=1S/C45H38BrN/c1-43(2)37-13-9-7-11-31(37)34-20-16-28(24-40(34)43)47(29-17-21-35-32-12-8-10-14-38(32)44(3,4)41(35)25-29)30-18-22-36-33-19-15-27(46)23-39(33)45(5,6)42(36)26-30/h7-26H,1-6H3. The van der Waals surface area contributed by atoms with Crippen LogP contribution in [0.25, 0.3) is 33.4 Å². The van der Waals surface area contributed by atoms with Crippen LogP contribution >= 0.6 is 15.9 Å². The van der Waals surface area contributed by atoms with Crippen LogP contribution in [0.1, 0.15) is 74.9 Å². The Balaban J connectivity index is 1.26. The number of fused-ring (bicyclic) bond motifs is 9. The lowest BCUT2D eigenvalue weighted by Gasteiger charge is -2.31. The molecule has 3 aliphatic carbocycles. The summed E-state index contributed by atoms with van der Waals surface area (Å²) in [4.78, 5) is 2.49. The molecule has 0 atom stereocenters. The first-order chi connectivity index (χ1) is 22.5. The number of benzene rings is 6.